The van der Waals surface area contributed by atoms with Crippen molar-refractivity contribution in [2.45, 2.75) is 45.6 Å². The Balaban J connectivity index is 3.49. The summed E-state index contributed by atoms with van der Waals surface area (Å²) in [5.74, 6) is -0.199. The van der Waals surface area contributed by atoms with Crippen LogP contribution in [0.15, 0.2) is 0 Å². The molecule has 0 bridgehead atoms. The Labute approximate surface area is 68.9 Å². The number of ether oxygens (including phenoxy) is 1. The first kappa shape index (κ1) is 10.5. The van der Waals surface area contributed by atoms with Crippen LogP contribution >= 0.6 is 0 Å². The normalized spacial score (nSPS) is 12.6. The second kappa shape index (κ2) is 6.20. The first-order chi connectivity index (χ1) is 5.20. The molecule has 2 heteroatoms. The molecular weight excluding hydrogens is 140 g/mol. The topological polar surface area (TPSA) is 26.3 Å². The molecule has 0 aliphatic rings. The van der Waals surface area contributed by atoms with Crippen LogP contribution in [0.4, 0.5) is 0 Å². The van der Waals surface area contributed by atoms with E-state index in [0.29, 0.717) is 6.42 Å². The van der Waals surface area contributed by atoms with Gasteiger partial charge in [0.2, 0.25) is 0 Å². The number of hydrogen-bond donors (Lipinski definition) is 0. The van der Waals surface area contributed by atoms with E-state index < -0.39 is 0 Å². The van der Waals surface area contributed by atoms with Crippen LogP contribution in [-0.2, 0) is 9.53 Å². The lowest BCUT2D eigenvalue weighted by atomic mass is 10.1. The van der Waals surface area contributed by atoms with E-state index in [1.807, 2.05) is 0 Å². The van der Waals surface area contributed by atoms with Gasteiger partial charge in [0.15, 0.2) is 0 Å². The standard InChI is InChI=1S/C9H17O2/c1-4-6-7-9(5-2)11-8(3)10/h9H,2,4-7H2,1,3H3. The molecule has 11 heavy (non-hydrogen) atoms. The average Bonchev–Trinajstić information content (AvgIpc) is 1.97. The number of carbonyl (C=O) groups is 1. The van der Waals surface area contributed by atoms with Crippen molar-refractivity contribution >= 4 is 5.97 Å². The molecule has 0 N–H and O–H groups in total. The number of esters is 1. The van der Waals surface area contributed by atoms with Crippen LogP contribution in [-0.4, -0.2) is 12.1 Å². The maximum atomic E-state index is 10.5. The largest absolute Gasteiger partial charge is 0.463 e. The fourth-order valence-corrected chi connectivity index (χ4v) is 0.929. The van der Waals surface area contributed by atoms with E-state index in [4.69, 9.17) is 4.74 Å². The molecule has 1 atom stereocenters. The molecule has 0 fully saturated rings. The molecule has 0 aromatic heterocycles. The maximum Gasteiger partial charge on any atom is 0.302 e. The lowest BCUT2D eigenvalue weighted by molar-refractivity contribution is -0.146. The Hall–Kier alpha value is -0.530. The van der Waals surface area contributed by atoms with Crippen LogP contribution < -0.4 is 0 Å². The minimum atomic E-state index is -0.199. The highest BCUT2D eigenvalue weighted by molar-refractivity contribution is 5.66. The second-order valence-corrected chi connectivity index (χ2v) is 2.66. The first-order valence-electron chi connectivity index (χ1n) is 4.17. The van der Waals surface area contributed by atoms with Gasteiger partial charge in [0.1, 0.15) is 6.10 Å². The Bertz CT molecular complexity index is 110. The molecule has 1 radical (unpaired) electrons. The van der Waals surface area contributed by atoms with Crippen LogP contribution in [0, 0.1) is 6.92 Å². The van der Waals surface area contributed by atoms with Gasteiger partial charge in [0.25, 0.3) is 0 Å². The lowest BCUT2D eigenvalue weighted by Crippen LogP contribution is -2.14. The number of hydrogen-bond acceptors (Lipinski definition) is 2. The fourth-order valence-electron chi connectivity index (χ4n) is 0.929. The third-order valence-electron chi connectivity index (χ3n) is 1.53. The molecule has 0 saturated heterocycles. The van der Waals surface area contributed by atoms with E-state index in [0.717, 1.165) is 19.3 Å². The summed E-state index contributed by atoms with van der Waals surface area (Å²) in [6, 6.07) is 0. The van der Waals surface area contributed by atoms with Crippen LogP contribution in [0.1, 0.15) is 39.5 Å². The summed E-state index contributed by atoms with van der Waals surface area (Å²) in [6.45, 7) is 7.27. The molecule has 0 aromatic rings. The van der Waals surface area contributed by atoms with E-state index in [2.05, 4.69) is 13.8 Å². The zero-order chi connectivity index (χ0) is 8.69. The molecule has 0 rings (SSSR count). The SMILES string of the molecule is [CH2]CC(CCCC)OC(C)=O. The molecule has 0 heterocycles. The van der Waals surface area contributed by atoms with Gasteiger partial charge in [-0.15, -0.1) is 0 Å². The number of carbonyl (C=O) groups excluding carboxylic acids is 1. The molecular formula is C9H17O2. The van der Waals surface area contributed by atoms with E-state index >= 15 is 0 Å². The molecule has 0 aliphatic carbocycles. The van der Waals surface area contributed by atoms with Crippen molar-refractivity contribution in [1.82, 2.24) is 0 Å². The molecule has 0 spiro atoms. The van der Waals surface area contributed by atoms with Gasteiger partial charge < -0.3 is 4.74 Å². The van der Waals surface area contributed by atoms with Gasteiger partial charge in [-0.3, -0.25) is 4.79 Å². The van der Waals surface area contributed by atoms with Crippen LogP contribution in [0.3, 0.4) is 0 Å². The lowest BCUT2D eigenvalue weighted by Gasteiger charge is -2.13. The molecule has 0 aliphatic heterocycles. The van der Waals surface area contributed by atoms with Gasteiger partial charge in [-0.1, -0.05) is 19.8 Å². The van der Waals surface area contributed by atoms with Gasteiger partial charge in [0.05, 0.1) is 0 Å². The van der Waals surface area contributed by atoms with Gasteiger partial charge in [-0.2, -0.15) is 0 Å². The first-order valence-corrected chi connectivity index (χ1v) is 4.17. The molecule has 0 saturated carbocycles. The van der Waals surface area contributed by atoms with Crippen molar-refractivity contribution < 1.29 is 9.53 Å². The van der Waals surface area contributed by atoms with E-state index in [-0.39, 0.29) is 12.1 Å². The zero-order valence-corrected chi connectivity index (χ0v) is 7.43. The van der Waals surface area contributed by atoms with E-state index in [1.165, 1.54) is 6.92 Å². The summed E-state index contributed by atoms with van der Waals surface area (Å²) in [4.78, 5) is 10.5. The van der Waals surface area contributed by atoms with Gasteiger partial charge in [-0.25, -0.2) is 0 Å². The number of unbranched alkanes of at least 4 members (excludes halogenated alkanes) is 1. The predicted molar refractivity (Wildman–Crippen MR) is 45.1 cm³/mol. The third kappa shape index (κ3) is 5.89. The highest BCUT2D eigenvalue weighted by atomic mass is 16.5. The van der Waals surface area contributed by atoms with Crippen LogP contribution in [0.25, 0.3) is 0 Å². The van der Waals surface area contributed by atoms with Crippen molar-refractivity contribution in [3.05, 3.63) is 6.92 Å². The Morgan fingerprint density at radius 2 is 2.27 bits per heavy atom. The van der Waals surface area contributed by atoms with Gasteiger partial charge in [-0.05, 0) is 19.8 Å². The maximum absolute atomic E-state index is 10.5. The minimum absolute atomic E-state index is 0.0347. The summed E-state index contributed by atoms with van der Waals surface area (Å²) in [5.41, 5.74) is 0. The van der Waals surface area contributed by atoms with Crippen LogP contribution in [0.5, 0.6) is 0 Å². The summed E-state index contributed by atoms with van der Waals surface area (Å²) < 4.78 is 5.00. The minimum Gasteiger partial charge on any atom is -0.463 e. The molecule has 0 amide bonds. The molecule has 2 nitrogen and oxygen atoms in total. The molecule has 0 aromatic carbocycles. The van der Waals surface area contributed by atoms with Crippen molar-refractivity contribution in [2.75, 3.05) is 0 Å². The Morgan fingerprint density at radius 3 is 2.64 bits per heavy atom. The summed E-state index contributed by atoms with van der Waals surface area (Å²) >= 11 is 0. The monoisotopic (exact) mass is 157 g/mol. The molecule has 1 unspecified atom stereocenters. The summed E-state index contributed by atoms with van der Waals surface area (Å²) in [7, 11) is 0. The van der Waals surface area contributed by atoms with Crippen molar-refractivity contribution in [3.63, 3.8) is 0 Å². The van der Waals surface area contributed by atoms with E-state index in [1.54, 1.807) is 0 Å². The third-order valence-corrected chi connectivity index (χ3v) is 1.53. The Morgan fingerprint density at radius 1 is 1.64 bits per heavy atom. The smallest absolute Gasteiger partial charge is 0.302 e. The Kier molecular flexibility index (Phi) is 5.90. The average molecular weight is 157 g/mol. The fraction of sp³-hybridized carbons (Fsp3) is 0.778. The van der Waals surface area contributed by atoms with Gasteiger partial charge >= 0.3 is 5.97 Å². The quantitative estimate of drug-likeness (QED) is 0.572. The van der Waals surface area contributed by atoms with Crippen molar-refractivity contribution in [2.24, 2.45) is 0 Å². The molecule has 65 valence electrons. The van der Waals surface area contributed by atoms with E-state index in [9.17, 15) is 4.79 Å². The van der Waals surface area contributed by atoms with Crippen molar-refractivity contribution in [3.8, 4) is 0 Å². The summed E-state index contributed by atoms with van der Waals surface area (Å²) in [5, 5.41) is 0. The highest BCUT2D eigenvalue weighted by Gasteiger charge is 2.07. The summed E-state index contributed by atoms with van der Waals surface area (Å²) in [6.07, 6.45) is 3.90. The van der Waals surface area contributed by atoms with Gasteiger partial charge in [0, 0.05) is 6.92 Å². The zero-order valence-electron chi connectivity index (χ0n) is 7.43. The van der Waals surface area contributed by atoms with Crippen molar-refractivity contribution in [1.29, 1.82) is 0 Å². The second-order valence-electron chi connectivity index (χ2n) is 2.66. The van der Waals surface area contributed by atoms with Crippen LogP contribution in [0.2, 0.25) is 0 Å². The highest BCUT2D eigenvalue weighted by Crippen LogP contribution is 2.07. The number of rotatable bonds is 5. The predicted octanol–water partition coefficient (Wildman–Crippen LogP) is 2.33.